The van der Waals surface area contributed by atoms with Gasteiger partial charge >= 0.3 is 0 Å². The summed E-state index contributed by atoms with van der Waals surface area (Å²) in [4.78, 5) is 3.32. The van der Waals surface area contributed by atoms with Crippen molar-refractivity contribution in [1.82, 2.24) is 5.32 Å². The Morgan fingerprint density at radius 1 is 1.05 bits per heavy atom. The Hall–Kier alpha value is -0.340. The van der Waals surface area contributed by atoms with Crippen LogP contribution in [0.2, 0.25) is 0 Å². The molecule has 0 radical (unpaired) electrons. The summed E-state index contributed by atoms with van der Waals surface area (Å²) in [6, 6.07) is 3.15. The van der Waals surface area contributed by atoms with Gasteiger partial charge in [-0.3, -0.25) is 0 Å². The molecular weight excluding hydrogens is 250 g/mol. The summed E-state index contributed by atoms with van der Waals surface area (Å²) < 4.78 is 0. The van der Waals surface area contributed by atoms with Gasteiger partial charge in [0, 0.05) is 15.8 Å². The van der Waals surface area contributed by atoms with Gasteiger partial charge in [-0.1, -0.05) is 25.7 Å². The van der Waals surface area contributed by atoms with Gasteiger partial charge in [-0.05, 0) is 63.1 Å². The van der Waals surface area contributed by atoms with Crippen molar-refractivity contribution in [2.45, 2.75) is 70.3 Å². The number of fused-ring (bicyclic) bond motifs is 1. The van der Waals surface area contributed by atoms with Gasteiger partial charge < -0.3 is 5.32 Å². The van der Waals surface area contributed by atoms with E-state index in [0.717, 1.165) is 5.92 Å². The Labute approximate surface area is 121 Å². The molecule has 1 aromatic rings. The topological polar surface area (TPSA) is 12.0 Å². The third kappa shape index (κ3) is 3.05. The van der Waals surface area contributed by atoms with Crippen LogP contribution in [0.15, 0.2) is 6.07 Å². The van der Waals surface area contributed by atoms with Gasteiger partial charge in [0.15, 0.2) is 0 Å². The molecule has 0 aliphatic heterocycles. The average Bonchev–Trinajstić information content (AvgIpc) is 2.67. The van der Waals surface area contributed by atoms with Crippen LogP contribution in [0.1, 0.15) is 72.7 Å². The number of hydrogen-bond donors (Lipinski definition) is 1. The second kappa shape index (κ2) is 6.41. The lowest BCUT2D eigenvalue weighted by atomic mass is 9.90. The zero-order chi connectivity index (χ0) is 13.1. The second-order valence-corrected chi connectivity index (χ2v) is 7.49. The molecule has 106 valence electrons. The molecule has 1 N–H and O–H groups in total. The maximum absolute atomic E-state index is 3.64. The maximum atomic E-state index is 3.64. The molecule has 1 nitrogen and oxygen atoms in total. The summed E-state index contributed by atoms with van der Waals surface area (Å²) in [5.74, 6) is 0.868. The van der Waals surface area contributed by atoms with E-state index in [4.69, 9.17) is 0 Å². The highest BCUT2D eigenvalue weighted by molar-refractivity contribution is 7.12. The van der Waals surface area contributed by atoms with Gasteiger partial charge in [-0.25, -0.2) is 0 Å². The van der Waals surface area contributed by atoms with Crippen molar-refractivity contribution >= 4 is 11.3 Å². The van der Waals surface area contributed by atoms with E-state index >= 15 is 0 Å². The van der Waals surface area contributed by atoms with Crippen molar-refractivity contribution < 1.29 is 0 Å². The lowest BCUT2D eigenvalue weighted by molar-refractivity contribution is 0.345. The maximum Gasteiger partial charge on any atom is 0.0441 e. The monoisotopic (exact) mass is 277 g/mol. The Balaban J connectivity index is 1.78. The van der Waals surface area contributed by atoms with E-state index in [1.165, 1.54) is 64.2 Å². The Bertz CT molecular complexity index is 378. The number of aryl methyl sites for hydroxylation is 2. The van der Waals surface area contributed by atoms with Crippen LogP contribution in [0, 0.1) is 5.92 Å². The van der Waals surface area contributed by atoms with Gasteiger partial charge in [-0.15, -0.1) is 11.3 Å². The smallest absolute Gasteiger partial charge is 0.0441 e. The predicted octanol–water partition coefficient (Wildman–Crippen LogP) is 4.86. The fourth-order valence-electron chi connectivity index (χ4n) is 3.92. The molecule has 2 heteroatoms. The first-order chi connectivity index (χ1) is 9.38. The Morgan fingerprint density at radius 2 is 1.79 bits per heavy atom. The Kier molecular flexibility index (Phi) is 4.60. The van der Waals surface area contributed by atoms with E-state index in [1.54, 1.807) is 15.3 Å². The molecule has 0 bridgehead atoms. The first-order valence-electron chi connectivity index (χ1n) is 8.17. The van der Waals surface area contributed by atoms with Gasteiger partial charge in [-0.2, -0.15) is 0 Å². The fraction of sp³-hybridized carbons (Fsp3) is 0.765. The molecule has 3 rings (SSSR count). The van der Waals surface area contributed by atoms with Crippen LogP contribution in [0.25, 0.3) is 0 Å². The molecular formula is C17H27NS. The molecule has 0 saturated heterocycles. The van der Waals surface area contributed by atoms with Crippen molar-refractivity contribution in [3.05, 3.63) is 21.4 Å². The van der Waals surface area contributed by atoms with Crippen molar-refractivity contribution in [3.8, 4) is 0 Å². The van der Waals surface area contributed by atoms with Crippen LogP contribution in [0.4, 0.5) is 0 Å². The minimum Gasteiger partial charge on any atom is -0.312 e. The first-order valence-corrected chi connectivity index (χ1v) is 8.99. The molecule has 0 spiro atoms. The third-order valence-electron chi connectivity index (χ3n) is 5.00. The van der Waals surface area contributed by atoms with E-state index in [1.807, 2.05) is 0 Å². The number of rotatable bonds is 3. The lowest BCUT2D eigenvalue weighted by Gasteiger charge is -2.24. The highest BCUT2D eigenvalue weighted by Crippen LogP contribution is 2.39. The summed E-state index contributed by atoms with van der Waals surface area (Å²) in [6.07, 6.45) is 14.1. The quantitative estimate of drug-likeness (QED) is 0.778. The molecule has 1 unspecified atom stereocenters. The summed E-state index contributed by atoms with van der Waals surface area (Å²) in [7, 11) is 2.16. The molecule has 1 fully saturated rings. The van der Waals surface area contributed by atoms with E-state index in [-0.39, 0.29) is 0 Å². The minimum absolute atomic E-state index is 0.619. The van der Waals surface area contributed by atoms with Gasteiger partial charge in [0.05, 0.1) is 0 Å². The van der Waals surface area contributed by atoms with Crippen molar-refractivity contribution in [1.29, 1.82) is 0 Å². The number of thiophene rings is 1. The lowest BCUT2D eigenvalue weighted by Crippen LogP contribution is -2.24. The molecule has 2 aliphatic carbocycles. The van der Waals surface area contributed by atoms with E-state index in [2.05, 4.69) is 29.8 Å². The third-order valence-corrected chi connectivity index (χ3v) is 6.32. The molecule has 1 aromatic heterocycles. The number of hydrogen-bond acceptors (Lipinski definition) is 2. The second-order valence-electron chi connectivity index (χ2n) is 6.32. The van der Waals surface area contributed by atoms with Crippen molar-refractivity contribution in [3.63, 3.8) is 0 Å². The molecule has 0 aromatic carbocycles. The summed E-state index contributed by atoms with van der Waals surface area (Å²) in [5, 5.41) is 3.64. The van der Waals surface area contributed by atoms with E-state index in [9.17, 15) is 0 Å². The zero-order valence-corrected chi connectivity index (χ0v) is 13.0. The first kappa shape index (κ1) is 13.6. The molecule has 2 aliphatic rings. The average molecular weight is 277 g/mol. The fourth-order valence-corrected chi connectivity index (χ4v) is 5.38. The van der Waals surface area contributed by atoms with Crippen LogP contribution >= 0.6 is 11.3 Å². The predicted molar refractivity (Wildman–Crippen MR) is 84.0 cm³/mol. The zero-order valence-electron chi connectivity index (χ0n) is 12.2. The SMILES string of the molecule is CNC(c1cc2c(s1)CCCC2)C1CCCCCC1. The number of nitrogens with one attached hydrogen (secondary N) is 1. The van der Waals surface area contributed by atoms with Crippen LogP contribution in [0.3, 0.4) is 0 Å². The summed E-state index contributed by atoms with van der Waals surface area (Å²) in [5.41, 5.74) is 1.67. The minimum atomic E-state index is 0.619. The van der Waals surface area contributed by atoms with E-state index in [0.29, 0.717) is 6.04 Å². The largest absolute Gasteiger partial charge is 0.312 e. The molecule has 19 heavy (non-hydrogen) atoms. The Morgan fingerprint density at radius 3 is 2.47 bits per heavy atom. The molecule has 1 atom stereocenters. The normalized spacial score (nSPS) is 22.8. The van der Waals surface area contributed by atoms with Gasteiger partial charge in [0.25, 0.3) is 0 Å². The van der Waals surface area contributed by atoms with Crippen LogP contribution in [-0.4, -0.2) is 7.05 Å². The molecule has 1 heterocycles. The summed E-state index contributed by atoms with van der Waals surface area (Å²) >= 11 is 2.11. The highest BCUT2D eigenvalue weighted by atomic mass is 32.1. The van der Waals surface area contributed by atoms with Gasteiger partial charge in [0.2, 0.25) is 0 Å². The molecule has 0 amide bonds. The standard InChI is InChI=1S/C17H27NS/c1-18-17(13-8-4-2-3-5-9-13)16-12-14-10-6-7-11-15(14)19-16/h12-13,17-18H,2-11H2,1H3. The highest BCUT2D eigenvalue weighted by Gasteiger charge is 2.25. The van der Waals surface area contributed by atoms with Crippen LogP contribution in [0.5, 0.6) is 0 Å². The van der Waals surface area contributed by atoms with Crippen LogP contribution in [-0.2, 0) is 12.8 Å². The van der Waals surface area contributed by atoms with Crippen LogP contribution < -0.4 is 5.32 Å². The van der Waals surface area contributed by atoms with Crippen molar-refractivity contribution in [2.24, 2.45) is 5.92 Å². The molecule has 1 saturated carbocycles. The summed E-state index contributed by atoms with van der Waals surface area (Å²) in [6.45, 7) is 0. The van der Waals surface area contributed by atoms with E-state index < -0.39 is 0 Å². The van der Waals surface area contributed by atoms with Crippen molar-refractivity contribution in [2.75, 3.05) is 7.05 Å². The van der Waals surface area contributed by atoms with Gasteiger partial charge in [0.1, 0.15) is 0 Å².